The quantitative estimate of drug-likeness (QED) is 0.232. The van der Waals surface area contributed by atoms with Crippen LogP contribution in [0, 0.1) is 5.82 Å². The van der Waals surface area contributed by atoms with Crippen molar-refractivity contribution < 1.29 is 14.0 Å². The van der Waals surface area contributed by atoms with E-state index in [1.807, 2.05) is 17.5 Å². The summed E-state index contributed by atoms with van der Waals surface area (Å²) in [5.74, 6) is -1.00. The van der Waals surface area contributed by atoms with Crippen LogP contribution in [0.3, 0.4) is 0 Å². The highest BCUT2D eigenvalue weighted by atomic mass is 35.5. The predicted octanol–water partition coefficient (Wildman–Crippen LogP) is 7.66. The zero-order valence-electron chi connectivity index (χ0n) is 20.0. The molecule has 0 saturated heterocycles. The highest BCUT2D eigenvalue weighted by Gasteiger charge is 2.35. The summed E-state index contributed by atoms with van der Waals surface area (Å²) in [5.41, 5.74) is 2.77. The lowest BCUT2D eigenvalue weighted by atomic mass is 9.93. The summed E-state index contributed by atoms with van der Waals surface area (Å²) in [6.45, 7) is 0.392. The third kappa shape index (κ3) is 5.59. The zero-order valence-corrected chi connectivity index (χ0v) is 23.1. The Kier molecular flexibility index (Phi) is 8.05. The number of carbonyl (C=O) groups excluding carboxylic acids is 2. The van der Waals surface area contributed by atoms with E-state index in [0.29, 0.717) is 39.2 Å². The number of fused-ring (bicyclic) bond motifs is 1. The standard InChI is InChI=1S/C29H22Cl3FN2O2S/c30-19-7-10-21(25(32)15-19)28-23-12-14-38-26(23)11-13-35(28)27(36)17-34(16-18-5-8-20(33)9-6-18)29(37)22-3-1-2-4-24(22)31/h1-10,12,14-15,28H,11,13,16-17H2/t28-/m1/s1. The molecule has 0 N–H and O–H groups in total. The van der Waals surface area contributed by atoms with Gasteiger partial charge in [0.15, 0.2) is 0 Å². The Morgan fingerprint density at radius 3 is 2.45 bits per heavy atom. The van der Waals surface area contributed by atoms with Gasteiger partial charge in [0.05, 0.1) is 16.6 Å². The Bertz CT molecular complexity index is 1490. The Labute approximate surface area is 239 Å². The van der Waals surface area contributed by atoms with Gasteiger partial charge in [0.2, 0.25) is 5.91 Å². The van der Waals surface area contributed by atoms with Crippen molar-refractivity contribution in [3.05, 3.63) is 126 Å². The number of rotatable bonds is 6. The van der Waals surface area contributed by atoms with Crippen LogP contribution in [0.4, 0.5) is 4.39 Å². The molecule has 0 saturated carbocycles. The Morgan fingerprint density at radius 2 is 1.71 bits per heavy atom. The van der Waals surface area contributed by atoms with Crippen LogP contribution in [0.15, 0.2) is 78.2 Å². The molecule has 0 spiro atoms. The summed E-state index contributed by atoms with van der Waals surface area (Å²) in [6, 6.07) is 19.4. The number of hydrogen-bond donors (Lipinski definition) is 0. The van der Waals surface area contributed by atoms with Crippen molar-refractivity contribution in [2.24, 2.45) is 0 Å². The van der Waals surface area contributed by atoms with Crippen LogP contribution in [0.25, 0.3) is 0 Å². The Morgan fingerprint density at radius 1 is 0.947 bits per heavy atom. The SMILES string of the molecule is O=C(c1ccccc1Cl)N(CC(=O)N1CCc2sccc2[C@H]1c1ccc(Cl)cc1Cl)Cc1ccc(F)cc1. The van der Waals surface area contributed by atoms with Gasteiger partial charge >= 0.3 is 0 Å². The van der Waals surface area contributed by atoms with E-state index >= 15 is 0 Å². The lowest BCUT2D eigenvalue weighted by Crippen LogP contribution is -2.46. The topological polar surface area (TPSA) is 40.6 Å². The van der Waals surface area contributed by atoms with E-state index in [4.69, 9.17) is 34.8 Å². The Hall–Kier alpha value is -2.90. The van der Waals surface area contributed by atoms with Crippen LogP contribution < -0.4 is 0 Å². The van der Waals surface area contributed by atoms with Crippen molar-refractivity contribution in [2.75, 3.05) is 13.1 Å². The fraction of sp³-hybridized carbons (Fsp3) is 0.172. The molecule has 5 rings (SSSR count). The first kappa shape index (κ1) is 26.7. The molecular weight excluding hydrogens is 566 g/mol. The second kappa shape index (κ2) is 11.5. The average molecular weight is 588 g/mol. The van der Waals surface area contributed by atoms with Gasteiger partial charge in [0.1, 0.15) is 12.4 Å². The van der Waals surface area contributed by atoms with Crippen LogP contribution >= 0.6 is 46.1 Å². The first-order valence-corrected chi connectivity index (χ1v) is 13.9. The molecule has 0 radical (unpaired) electrons. The molecule has 38 heavy (non-hydrogen) atoms. The predicted molar refractivity (Wildman–Crippen MR) is 151 cm³/mol. The maximum absolute atomic E-state index is 13.9. The molecule has 0 bridgehead atoms. The average Bonchev–Trinajstić information content (AvgIpc) is 3.38. The van der Waals surface area contributed by atoms with Crippen molar-refractivity contribution >= 4 is 58.0 Å². The molecule has 0 fully saturated rings. The highest BCUT2D eigenvalue weighted by Crippen LogP contribution is 2.41. The van der Waals surface area contributed by atoms with Gasteiger partial charge < -0.3 is 9.80 Å². The second-order valence-electron chi connectivity index (χ2n) is 8.97. The van der Waals surface area contributed by atoms with Gasteiger partial charge in [-0.25, -0.2) is 4.39 Å². The summed E-state index contributed by atoms with van der Waals surface area (Å²) in [6.07, 6.45) is 0.705. The van der Waals surface area contributed by atoms with E-state index in [1.165, 1.54) is 21.9 Å². The fourth-order valence-corrected chi connectivity index (χ4v) is 6.34. The van der Waals surface area contributed by atoms with Crippen molar-refractivity contribution in [2.45, 2.75) is 19.0 Å². The molecule has 2 heterocycles. The minimum absolute atomic E-state index is 0.111. The summed E-state index contributed by atoms with van der Waals surface area (Å²) in [4.78, 5) is 32.0. The van der Waals surface area contributed by atoms with Gasteiger partial charge in [0.25, 0.3) is 5.91 Å². The number of thiophene rings is 1. The third-order valence-electron chi connectivity index (χ3n) is 6.55. The van der Waals surface area contributed by atoms with Crippen molar-refractivity contribution in [3.63, 3.8) is 0 Å². The molecule has 0 aliphatic carbocycles. The van der Waals surface area contributed by atoms with E-state index in [1.54, 1.807) is 64.8 Å². The van der Waals surface area contributed by atoms with E-state index in [9.17, 15) is 14.0 Å². The molecule has 4 nitrogen and oxygen atoms in total. The van der Waals surface area contributed by atoms with Crippen LogP contribution in [0.5, 0.6) is 0 Å². The smallest absolute Gasteiger partial charge is 0.256 e. The van der Waals surface area contributed by atoms with E-state index < -0.39 is 6.04 Å². The van der Waals surface area contributed by atoms with E-state index in [0.717, 1.165) is 11.1 Å². The fourth-order valence-electron chi connectivity index (χ4n) is 4.71. The van der Waals surface area contributed by atoms with Gasteiger partial charge in [-0.1, -0.05) is 65.1 Å². The third-order valence-corrected chi connectivity index (χ3v) is 8.44. The molecule has 1 aliphatic heterocycles. The summed E-state index contributed by atoms with van der Waals surface area (Å²) < 4.78 is 13.5. The van der Waals surface area contributed by atoms with Gasteiger partial charge in [0, 0.05) is 28.0 Å². The van der Waals surface area contributed by atoms with Crippen LogP contribution in [-0.4, -0.2) is 34.7 Å². The minimum Gasteiger partial charge on any atom is -0.330 e. The summed E-state index contributed by atoms with van der Waals surface area (Å²) in [7, 11) is 0. The number of halogens is 4. The summed E-state index contributed by atoms with van der Waals surface area (Å²) >= 11 is 20.7. The maximum atomic E-state index is 13.9. The number of amides is 2. The van der Waals surface area contributed by atoms with Crippen molar-refractivity contribution in [1.82, 2.24) is 9.80 Å². The molecule has 2 amide bonds. The lowest BCUT2D eigenvalue weighted by Gasteiger charge is -2.38. The first-order chi connectivity index (χ1) is 18.3. The molecule has 1 aromatic heterocycles. The van der Waals surface area contributed by atoms with Crippen LogP contribution in [0.1, 0.15) is 38.0 Å². The second-order valence-corrected chi connectivity index (χ2v) is 11.2. The molecule has 1 aliphatic rings. The number of carbonyl (C=O) groups is 2. The molecular formula is C29H22Cl3FN2O2S. The monoisotopic (exact) mass is 586 g/mol. The molecule has 194 valence electrons. The van der Waals surface area contributed by atoms with Gasteiger partial charge in [-0.15, -0.1) is 11.3 Å². The van der Waals surface area contributed by atoms with Crippen LogP contribution in [-0.2, 0) is 17.8 Å². The normalized spacial score (nSPS) is 14.7. The number of hydrogen-bond acceptors (Lipinski definition) is 3. The zero-order chi connectivity index (χ0) is 26.8. The van der Waals surface area contributed by atoms with Crippen LogP contribution in [0.2, 0.25) is 15.1 Å². The number of nitrogens with zero attached hydrogens (tertiary/aromatic N) is 2. The van der Waals surface area contributed by atoms with E-state index in [2.05, 4.69) is 0 Å². The van der Waals surface area contributed by atoms with Gasteiger partial charge in [-0.05, 0) is 71.0 Å². The lowest BCUT2D eigenvalue weighted by molar-refractivity contribution is -0.134. The maximum Gasteiger partial charge on any atom is 0.256 e. The van der Waals surface area contributed by atoms with E-state index in [-0.39, 0.29) is 30.7 Å². The number of benzene rings is 3. The Balaban J connectivity index is 1.49. The molecule has 1 atom stereocenters. The highest BCUT2D eigenvalue weighted by molar-refractivity contribution is 7.10. The van der Waals surface area contributed by atoms with Gasteiger partial charge in [-0.2, -0.15) is 0 Å². The van der Waals surface area contributed by atoms with Gasteiger partial charge in [-0.3, -0.25) is 9.59 Å². The van der Waals surface area contributed by atoms with Crippen molar-refractivity contribution in [1.29, 1.82) is 0 Å². The largest absolute Gasteiger partial charge is 0.330 e. The molecule has 4 aromatic rings. The molecule has 9 heteroatoms. The van der Waals surface area contributed by atoms with Crippen molar-refractivity contribution in [3.8, 4) is 0 Å². The first-order valence-electron chi connectivity index (χ1n) is 11.9. The molecule has 0 unspecified atom stereocenters. The minimum atomic E-state index is -0.412. The summed E-state index contributed by atoms with van der Waals surface area (Å²) in [5, 5.41) is 3.28. The molecule has 3 aromatic carbocycles.